The molecule has 0 aromatic carbocycles. The molecule has 0 radical (unpaired) electrons. The number of nitrogens with two attached hydrogens (primary N) is 1. The molecule has 3 N–H and O–H groups in total. The second-order valence-electron chi connectivity index (χ2n) is 3.86. The van der Waals surface area contributed by atoms with Gasteiger partial charge in [0, 0.05) is 4.88 Å². The van der Waals surface area contributed by atoms with Gasteiger partial charge < -0.3 is 5.43 Å². The number of nitrogens with one attached hydrogen (secondary N) is 1. The van der Waals surface area contributed by atoms with E-state index in [1.165, 1.54) is 24.1 Å². The highest BCUT2D eigenvalue weighted by molar-refractivity contribution is 7.18. The van der Waals surface area contributed by atoms with E-state index in [1.54, 1.807) is 17.7 Å². The van der Waals surface area contributed by atoms with Gasteiger partial charge in [0.05, 0.1) is 5.39 Å². The van der Waals surface area contributed by atoms with Crippen LogP contribution in [0, 0.1) is 0 Å². The van der Waals surface area contributed by atoms with Crippen LogP contribution in [0.1, 0.15) is 30.1 Å². The number of nitrogen functional groups attached to an aromatic ring is 1. The summed E-state index contributed by atoms with van der Waals surface area (Å²) in [5, 5.41) is 1.05. The monoisotopic (exact) mass is 220 g/mol. The number of nitrogens with zero attached hydrogens (tertiary/aromatic N) is 2. The molecule has 1 aliphatic rings. The first-order valence-electron chi connectivity index (χ1n) is 5.09. The molecule has 0 saturated heterocycles. The summed E-state index contributed by atoms with van der Waals surface area (Å²) in [6, 6.07) is 2.18. The second-order valence-corrected chi connectivity index (χ2v) is 4.92. The molecule has 78 valence electrons. The quantitative estimate of drug-likeness (QED) is 0.602. The van der Waals surface area contributed by atoms with Crippen molar-refractivity contribution in [2.45, 2.75) is 25.2 Å². The Hall–Kier alpha value is -1.20. The zero-order valence-corrected chi connectivity index (χ0v) is 9.05. The molecule has 4 nitrogen and oxygen atoms in total. The van der Waals surface area contributed by atoms with Crippen molar-refractivity contribution < 1.29 is 0 Å². The molecular formula is C10H12N4S. The van der Waals surface area contributed by atoms with Crippen molar-refractivity contribution in [3.05, 3.63) is 17.3 Å². The molecule has 0 aliphatic heterocycles. The first-order chi connectivity index (χ1) is 7.38. The van der Waals surface area contributed by atoms with Crippen molar-refractivity contribution in [3.8, 4) is 0 Å². The molecular weight excluding hydrogens is 208 g/mol. The third-order valence-corrected chi connectivity index (χ3v) is 4.20. The maximum absolute atomic E-state index is 5.41. The topological polar surface area (TPSA) is 63.8 Å². The summed E-state index contributed by atoms with van der Waals surface area (Å²) >= 11 is 1.76. The number of fused-ring (bicyclic) bond motifs is 1. The fourth-order valence-electron chi connectivity index (χ4n) is 1.88. The molecule has 3 rings (SSSR count). The van der Waals surface area contributed by atoms with Gasteiger partial charge in [0.15, 0.2) is 5.82 Å². The molecule has 0 bridgehead atoms. The van der Waals surface area contributed by atoms with Crippen molar-refractivity contribution in [1.82, 2.24) is 9.97 Å². The van der Waals surface area contributed by atoms with Gasteiger partial charge in [-0.25, -0.2) is 15.8 Å². The van der Waals surface area contributed by atoms with Crippen LogP contribution >= 0.6 is 11.3 Å². The van der Waals surface area contributed by atoms with Gasteiger partial charge in [-0.3, -0.25) is 0 Å². The maximum Gasteiger partial charge on any atom is 0.152 e. The van der Waals surface area contributed by atoms with E-state index < -0.39 is 0 Å². The summed E-state index contributed by atoms with van der Waals surface area (Å²) in [6.45, 7) is 0. The molecule has 0 unspecified atom stereocenters. The number of rotatable bonds is 2. The van der Waals surface area contributed by atoms with E-state index in [9.17, 15) is 0 Å². The second kappa shape index (κ2) is 3.43. The summed E-state index contributed by atoms with van der Waals surface area (Å²) in [6.07, 6.45) is 5.53. The molecule has 1 aliphatic carbocycles. The Kier molecular flexibility index (Phi) is 2.07. The van der Waals surface area contributed by atoms with Crippen molar-refractivity contribution in [2.24, 2.45) is 5.84 Å². The Balaban J connectivity index is 2.12. The molecule has 15 heavy (non-hydrogen) atoms. The number of thiophene rings is 1. The number of hydrogen-bond acceptors (Lipinski definition) is 5. The number of aromatic nitrogens is 2. The SMILES string of the molecule is NNc1ncnc2sc(C3CCC3)cc12. The summed E-state index contributed by atoms with van der Waals surface area (Å²) < 4.78 is 0. The van der Waals surface area contributed by atoms with Crippen molar-refractivity contribution in [2.75, 3.05) is 5.43 Å². The van der Waals surface area contributed by atoms with Crippen LogP contribution in [0.25, 0.3) is 10.2 Å². The third kappa shape index (κ3) is 1.39. The van der Waals surface area contributed by atoms with Gasteiger partial charge in [-0.05, 0) is 24.8 Å². The van der Waals surface area contributed by atoms with Gasteiger partial charge in [-0.15, -0.1) is 11.3 Å². The van der Waals surface area contributed by atoms with Gasteiger partial charge in [-0.1, -0.05) is 6.42 Å². The maximum atomic E-state index is 5.41. The Morgan fingerprint density at radius 2 is 2.27 bits per heavy atom. The smallest absolute Gasteiger partial charge is 0.152 e. The van der Waals surface area contributed by atoms with Crippen LogP contribution in [0.2, 0.25) is 0 Å². The molecule has 2 heterocycles. The molecule has 0 atom stereocenters. The first-order valence-corrected chi connectivity index (χ1v) is 5.91. The number of hydrazine groups is 1. The van der Waals surface area contributed by atoms with Crippen molar-refractivity contribution in [3.63, 3.8) is 0 Å². The normalized spacial score (nSPS) is 16.6. The van der Waals surface area contributed by atoms with Crippen LogP contribution in [-0.2, 0) is 0 Å². The van der Waals surface area contributed by atoms with E-state index in [1.807, 2.05) is 0 Å². The van der Waals surface area contributed by atoms with E-state index in [2.05, 4.69) is 21.5 Å². The molecule has 2 aromatic rings. The Labute approximate surface area is 91.5 Å². The van der Waals surface area contributed by atoms with Crippen LogP contribution in [0.15, 0.2) is 12.4 Å². The van der Waals surface area contributed by atoms with Gasteiger partial charge in [0.25, 0.3) is 0 Å². The minimum Gasteiger partial charge on any atom is -0.308 e. The largest absolute Gasteiger partial charge is 0.308 e. The molecule has 1 fully saturated rings. The van der Waals surface area contributed by atoms with Gasteiger partial charge in [0.1, 0.15) is 11.2 Å². The highest BCUT2D eigenvalue weighted by Gasteiger charge is 2.22. The third-order valence-electron chi connectivity index (χ3n) is 2.99. The zero-order chi connectivity index (χ0) is 10.3. The highest BCUT2D eigenvalue weighted by Crippen LogP contribution is 2.42. The molecule has 2 aromatic heterocycles. The lowest BCUT2D eigenvalue weighted by Crippen LogP contribution is -2.08. The highest BCUT2D eigenvalue weighted by atomic mass is 32.1. The predicted octanol–water partition coefficient (Wildman–Crippen LogP) is 2.24. The van der Waals surface area contributed by atoms with Crippen LogP contribution < -0.4 is 11.3 Å². The summed E-state index contributed by atoms with van der Waals surface area (Å²) in [5.74, 6) is 6.88. The Morgan fingerprint density at radius 3 is 2.93 bits per heavy atom. The van der Waals surface area contributed by atoms with Gasteiger partial charge in [0.2, 0.25) is 0 Å². The first kappa shape index (κ1) is 9.06. The van der Waals surface area contributed by atoms with E-state index in [0.29, 0.717) is 0 Å². The van der Waals surface area contributed by atoms with E-state index in [4.69, 9.17) is 5.84 Å². The molecule has 0 spiro atoms. The molecule has 0 amide bonds. The Bertz CT molecular complexity index is 489. The summed E-state index contributed by atoms with van der Waals surface area (Å²) in [5.41, 5.74) is 2.61. The summed E-state index contributed by atoms with van der Waals surface area (Å²) in [4.78, 5) is 10.8. The summed E-state index contributed by atoms with van der Waals surface area (Å²) in [7, 11) is 0. The minimum atomic E-state index is 0.724. The van der Waals surface area contributed by atoms with Crippen LogP contribution in [-0.4, -0.2) is 9.97 Å². The fourth-order valence-corrected chi connectivity index (χ4v) is 3.05. The van der Waals surface area contributed by atoms with E-state index in [0.717, 1.165) is 22.0 Å². The van der Waals surface area contributed by atoms with Gasteiger partial charge in [-0.2, -0.15) is 0 Å². The van der Waals surface area contributed by atoms with Crippen LogP contribution in [0.4, 0.5) is 5.82 Å². The van der Waals surface area contributed by atoms with Crippen molar-refractivity contribution >= 4 is 27.4 Å². The average molecular weight is 220 g/mol. The molecule has 5 heteroatoms. The van der Waals surface area contributed by atoms with Gasteiger partial charge >= 0.3 is 0 Å². The van der Waals surface area contributed by atoms with E-state index in [-0.39, 0.29) is 0 Å². The number of anilines is 1. The lowest BCUT2D eigenvalue weighted by Gasteiger charge is -2.23. The standard InChI is InChI=1S/C10H12N4S/c11-14-9-7-4-8(6-2-1-3-6)15-10(7)13-5-12-9/h4-6H,1-3,11H2,(H,12,13,14). The predicted molar refractivity (Wildman–Crippen MR) is 61.8 cm³/mol. The Morgan fingerprint density at radius 1 is 1.40 bits per heavy atom. The fraction of sp³-hybridized carbons (Fsp3) is 0.400. The van der Waals surface area contributed by atoms with Crippen molar-refractivity contribution in [1.29, 1.82) is 0 Å². The minimum absolute atomic E-state index is 0.724. The lowest BCUT2D eigenvalue weighted by molar-refractivity contribution is 0.426. The molecule has 1 saturated carbocycles. The lowest BCUT2D eigenvalue weighted by atomic mass is 9.84. The number of hydrogen-bond donors (Lipinski definition) is 2. The van der Waals surface area contributed by atoms with Crippen LogP contribution in [0.3, 0.4) is 0 Å². The van der Waals surface area contributed by atoms with E-state index >= 15 is 0 Å². The van der Waals surface area contributed by atoms with Crippen LogP contribution in [0.5, 0.6) is 0 Å². The average Bonchev–Trinajstić information content (AvgIpc) is 2.57. The zero-order valence-electron chi connectivity index (χ0n) is 8.23.